The van der Waals surface area contributed by atoms with Gasteiger partial charge in [0, 0.05) is 6.54 Å². The maximum absolute atomic E-state index is 6.09. The molecule has 0 N–H and O–H groups in total. The fourth-order valence-corrected chi connectivity index (χ4v) is 3.39. The molecule has 5 rings (SSSR count). The molecule has 1 unspecified atom stereocenters. The molecule has 3 aliphatic rings. The molecule has 6 heteroatoms. The van der Waals surface area contributed by atoms with E-state index in [0.29, 0.717) is 22.4 Å². The van der Waals surface area contributed by atoms with Crippen LogP contribution in [-0.2, 0) is 0 Å². The van der Waals surface area contributed by atoms with E-state index in [1.165, 1.54) is 25.9 Å². The Morgan fingerprint density at radius 1 is 1.30 bits per heavy atom. The Labute approximate surface area is 128 Å². The van der Waals surface area contributed by atoms with Crippen molar-refractivity contribution < 1.29 is 9.26 Å². The van der Waals surface area contributed by atoms with E-state index in [1.54, 1.807) is 6.07 Å². The summed E-state index contributed by atoms with van der Waals surface area (Å²) in [4.78, 5) is 2.46. The van der Waals surface area contributed by atoms with E-state index in [0.717, 1.165) is 11.9 Å². The van der Waals surface area contributed by atoms with Crippen LogP contribution in [-0.4, -0.2) is 35.8 Å². The summed E-state index contributed by atoms with van der Waals surface area (Å²) in [5, 5.41) is 5.48. The Hall–Kier alpha value is -0.970. The largest absolute Gasteiger partial charge is 0.470 e. The number of nitrogens with zero attached hydrogens (tertiary/aromatic N) is 2. The van der Waals surface area contributed by atoms with Crippen LogP contribution in [0.25, 0.3) is 11.0 Å². The maximum atomic E-state index is 6.09. The molecule has 4 heterocycles. The minimum atomic E-state index is 0. The van der Waals surface area contributed by atoms with Gasteiger partial charge in [0.25, 0.3) is 5.88 Å². The summed E-state index contributed by atoms with van der Waals surface area (Å²) in [7, 11) is 0. The smallest absolute Gasteiger partial charge is 0.262 e. The lowest BCUT2D eigenvalue weighted by Crippen LogP contribution is -2.52. The van der Waals surface area contributed by atoms with Gasteiger partial charge in [-0.1, -0.05) is 17.7 Å². The van der Waals surface area contributed by atoms with E-state index in [1.807, 2.05) is 12.1 Å². The second-order valence-electron chi connectivity index (χ2n) is 5.40. The molecule has 0 saturated carbocycles. The van der Waals surface area contributed by atoms with Gasteiger partial charge in [0.05, 0.1) is 10.4 Å². The summed E-state index contributed by atoms with van der Waals surface area (Å²) in [6.07, 6.45) is 2.68. The van der Waals surface area contributed by atoms with Crippen molar-refractivity contribution >= 4 is 35.0 Å². The predicted octanol–water partition coefficient (Wildman–Crippen LogP) is 3.38. The highest BCUT2D eigenvalue weighted by atomic mass is 35.5. The molecule has 0 amide bonds. The van der Waals surface area contributed by atoms with Crippen LogP contribution in [0.5, 0.6) is 5.88 Å². The quantitative estimate of drug-likeness (QED) is 0.851. The molecule has 2 bridgehead atoms. The van der Waals surface area contributed by atoms with Gasteiger partial charge in [-0.05, 0) is 49.1 Å². The molecule has 0 radical (unpaired) electrons. The van der Waals surface area contributed by atoms with E-state index in [9.17, 15) is 0 Å². The maximum Gasteiger partial charge on any atom is 0.262 e. The molecule has 4 nitrogen and oxygen atoms in total. The molecule has 2 aromatic rings. The monoisotopic (exact) mass is 314 g/mol. The number of hydrogen-bond acceptors (Lipinski definition) is 4. The Morgan fingerprint density at radius 3 is 2.80 bits per heavy atom. The normalized spacial score (nSPS) is 28.4. The van der Waals surface area contributed by atoms with Crippen LogP contribution in [0.15, 0.2) is 22.7 Å². The first-order valence-corrected chi connectivity index (χ1v) is 7.12. The third-order valence-corrected chi connectivity index (χ3v) is 4.57. The van der Waals surface area contributed by atoms with Crippen molar-refractivity contribution in [1.29, 1.82) is 0 Å². The third-order valence-electron chi connectivity index (χ3n) is 4.28. The van der Waals surface area contributed by atoms with Crippen molar-refractivity contribution in [2.24, 2.45) is 5.92 Å². The standard InChI is InChI=1S/C14H15ClN2O2.ClH/c15-11-3-1-2-10-13(11)19-16-14(10)18-12-8-17-6-4-9(12)5-7-17;/h1-3,9,12H,4-8H2;1H. The average Bonchev–Trinajstić information content (AvgIpc) is 2.85. The molecule has 0 aliphatic carbocycles. The second kappa shape index (κ2) is 5.43. The highest BCUT2D eigenvalue weighted by molar-refractivity contribution is 6.34. The van der Waals surface area contributed by atoms with Crippen LogP contribution in [0.2, 0.25) is 5.02 Å². The van der Waals surface area contributed by atoms with Crippen LogP contribution in [0, 0.1) is 5.92 Å². The number of aromatic nitrogens is 1. The highest BCUT2D eigenvalue weighted by Crippen LogP contribution is 2.34. The third kappa shape index (κ3) is 2.26. The molecule has 108 valence electrons. The molecule has 1 aromatic heterocycles. The lowest BCUT2D eigenvalue weighted by Gasteiger charge is -2.43. The lowest BCUT2D eigenvalue weighted by atomic mass is 9.86. The fraction of sp³-hybridized carbons (Fsp3) is 0.500. The first-order chi connectivity index (χ1) is 9.31. The number of halogens is 2. The van der Waals surface area contributed by atoms with Gasteiger partial charge in [-0.3, -0.25) is 4.90 Å². The minimum absolute atomic E-state index is 0. The van der Waals surface area contributed by atoms with Crippen molar-refractivity contribution in [1.82, 2.24) is 10.1 Å². The lowest BCUT2D eigenvalue weighted by molar-refractivity contribution is -0.0106. The van der Waals surface area contributed by atoms with E-state index in [-0.39, 0.29) is 18.5 Å². The summed E-state index contributed by atoms with van der Waals surface area (Å²) >= 11 is 6.08. The van der Waals surface area contributed by atoms with Crippen LogP contribution in [0.1, 0.15) is 12.8 Å². The van der Waals surface area contributed by atoms with Crippen molar-refractivity contribution in [3.63, 3.8) is 0 Å². The van der Waals surface area contributed by atoms with Gasteiger partial charge in [-0.25, -0.2) is 0 Å². The number of para-hydroxylation sites is 1. The highest BCUT2D eigenvalue weighted by Gasteiger charge is 2.36. The van der Waals surface area contributed by atoms with E-state index < -0.39 is 0 Å². The van der Waals surface area contributed by atoms with Gasteiger partial charge >= 0.3 is 0 Å². The van der Waals surface area contributed by atoms with Gasteiger partial charge in [0.1, 0.15) is 6.10 Å². The summed E-state index contributed by atoms with van der Waals surface area (Å²) in [5.41, 5.74) is 0.612. The van der Waals surface area contributed by atoms with Crippen molar-refractivity contribution in [3.8, 4) is 5.88 Å². The number of ether oxygens (including phenoxy) is 1. The fourth-order valence-electron chi connectivity index (χ4n) is 3.18. The van der Waals surface area contributed by atoms with Crippen molar-refractivity contribution in [3.05, 3.63) is 23.2 Å². The Balaban J connectivity index is 0.00000121. The molecule has 3 aliphatic heterocycles. The van der Waals surface area contributed by atoms with Crippen LogP contribution >= 0.6 is 24.0 Å². The summed E-state index contributed by atoms with van der Waals surface area (Å²) in [6, 6.07) is 5.63. The molecule has 1 aromatic carbocycles. The zero-order valence-electron chi connectivity index (χ0n) is 10.9. The first-order valence-electron chi connectivity index (χ1n) is 6.74. The molecule has 20 heavy (non-hydrogen) atoms. The topological polar surface area (TPSA) is 38.5 Å². The Morgan fingerprint density at radius 2 is 2.10 bits per heavy atom. The van der Waals surface area contributed by atoms with Crippen molar-refractivity contribution in [2.45, 2.75) is 18.9 Å². The molecule has 3 saturated heterocycles. The van der Waals surface area contributed by atoms with Crippen molar-refractivity contribution in [2.75, 3.05) is 19.6 Å². The zero-order chi connectivity index (χ0) is 12.8. The van der Waals surface area contributed by atoms with Crippen LogP contribution in [0.3, 0.4) is 0 Å². The number of rotatable bonds is 2. The van der Waals surface area contributed by atoms with E-state index in [4.69, 9.17) is 20.9 Å². The van der Waals surface area contributed by atoms with Gasteiger partial charge in [0.15, 0.2) is 5.58 Å². The SMILES string of the molecule is Cl.Clc1cccc2c(OC3CN4CCC3CC4)noc12. The first kappa shape index (κ1) is 14.0. The molecule has 0 spiro atoms. The van der Waals surface area contributed by atoms with E-state index in [2.05, 4.69) is 10.1 Å². The van der Waals surface area contributed by atoms with E-state index >= 15 is 0 Å². The molecular formula is C14H16Cl2N2O2. The average molecular weight is 315 g/mol. The van der Waals surface area contributed by atoms with Crippen LogP contribution < -0.4 is 4.74 Å². The number of hydrogen-bond donors (Lipinski definition) is 0. The zero-order valence-corrected chi connectivity index (χ0v) is 12.5. The Bertz CT molecular complexity index is 608. The van der Waals surface area contributed by atoms with Gasteiger partial charge < -0.3 is 9.26 Å². The summed E-state index contributed by atoms with van der Waals surface area (Å²) in [5.74, 6) is 1.23. The molecular weight excluding hydrogens is 299 g/mol. The minimum Gasteiger partial charge on any atom is -0.470 e. The number of piperidine rings is 3. The van der Waals surface area contributed by atoms with Gasteiger partial charge in [-0.2, -0.15) is 0 Å². The summed E-state index contributed by atoms with van der Waals surface area (Å²) < 4.78 is 11.4. The van der Waals surface area contributed by atoms with Crippen LogP contribution in [0.4, 0.5) is 0 Å². The number of fused-ring (bicyclic) bond motifs is 4. The molecule has 3 fully saturated rings. The number of benzene rings is 1. The summed E-state index contributed by atoms with van der Waals surface area (Å²) in [6.45, 7) is 3.41. The van der Waals surface area contributed by atoms with Gasteiger partial charge in [-0.15, -0.1) is 12.4 Å². The second-order valence-corrected chi connectivity index (χ2v) is 5.81. The van der Waals surface area contributed by atoms with Gasteiger partial charge in [0.2, 0.25) is 0 Å². The molecule has 1 atom stereocenters. The Kier molecular flexibility index (Phi) is 3.80. The predicted molar refractivity (Wildman–Crippen MR) is 79.8 cm³/mol.